The molecule has 1 aromatic carbocycles. The van der Waals surface area contributed by atoms with Crippen LogP contribution in [0, 0.1) is 12.7 Å². The zero-order valence-corrected chi connectivity index (χ0v) is 12.4. The summed E-state index contributed by atoms with van der Waals surface area (Å²) in [6.07, 6.45) is 0. The number of esters is 1. The van der Waals surface area contributed by atoms with Crippen molar-refractivity contribution in [2.45, 2.75) is 6.92 Å². The molecule has 0 bridgehead atoms. The Labute approximate surface area is 123 Å². The molecule has 104 valence electrons. The minimum absolute atomic E-state index is 0.271. The van der Waals surface area contributed by atoms with Crippen molar-refractivity contribution >= 4 is 21.9 Å². The number of hydrogen-bond donors (Lipinski definition) is 0. The maximum absolute atomic E-state index is 13.2. The summed E-state index contributed by atoms with van der Waals surface area (Å²) in [5.74, 6) is -0.297. The van der Waals surface area contributed by atoms with Gasteiger partial charge in [-0.1, -0.05) is 15.9 Å². The van der Waals surface area contributed by atoms with Gasteiger partial charge in [-0.25, -0.2) is 14.2 Å². The summed E-state index contributed by atoms with van der Waals surface area (Å²) in [6, 6.07) is 7.27. The van der Waals surface area contributed by atoms with E-state index in [1.807, 2.05) is 0 Å². The number of methoxy groups -OCH3 is 1. The van der Waals surface area contributed by atoms with Crippen LogP contribution in [0.25, 0.3) is 0 Å². The fraction of sp³-hybridized carbons (Fsp3) is 0.143. The Bertz CT molecular complexity index is 641. The highest BCUT2D eigenvalue weighted by Crippen LogP contribution is 2.25. The van der Waals surface area contributed by atoms with Crippen LogP contribution in [0.5, 0.6) is 11.6 Å². The van der Waals surface area contributed by atoms with Crippen molar-refractivity contribution in [1.82, 2.24) is 4.98 Å². The number of aryl methyl sites for hydroxylation is 1. The van der Waals surface area contributed by atoms with Crippen molar-refractivity contribution in [1.29, 1.82) is 0 Å². The van der Waals surface area contributed by atoms with Crippen LogP contribution in [-0.4, -0.2) is 18.1 Å². The molecule has 1 heterocycles. The van der Waals surface area contributed by atoms with Gasteiger partial charge < -0.3 is 9.47 Å². The van der Waals surface area contributed by atoms with Crippen LogP contribution in [-0.2, 0) is 4.74 Å². The van der Waals surface area contributed by atoms with Gasteiger partial charge in [-0.2, -0.15) is 0 Å². The molecule has 4 nitrogen and oxygen atoms in total. The van der Waals surface area contributed by atoms with Gasteiger partial charge in [0, 0.05) is 16.6 Å². The Hall–Kier alpha value is -1.95. The van der Waals surface area contributed by atoms with Gasteiger partial charge in [0.2, 0.25) is 5.88 Å². The lowest BCUT2D eigenvalue weighted by atomic mass is 10.2. The minimum atomic E-state index is -0.463. The molecule has 0 atom stereocenters. The molecule has 0 aliphatic heterocycles. The SMILES string of the molecule is COC(=O)c1ccc(Oc2cc(F)cc(Br)c2)nc1C. The van der Waals surface area contributed by atoms with Gasteiger partial charge in [0.1, 0.15) is 11.6 Å². The minimum Gasteiger partial charge on any atom is -0.465 e. The first-order valence-corrected chi connectivity index (χ1v) is 6.49. The van der Waals surface area contributed by atoms with Crippen molar-refractivity contribution in [3.63, 3.8) is 0 Å². The van der Waals surface area contributed by atoms with E-state index in [1.165, 1.54) is 25.3 Å². The van der Waals surface area contributed by atoms with E-state index >= 15 is 0 Å². The highest BCUT2D eigenvalue weighted by molar-refractivity contribution is 9.10. The molecular weight excluding hydrogens is 329 g/mol. The summed E-state index contributed by atoms with van der Waals surface area (Å²) in [7, 11) is 1.30. The Morgan fingerprint density at radius 1 is 1.30 bits per heavy atom. The molecule has 2 aromatic rings. The number of nitrogens with zero attached hydrogens (tertiary/aromatic N) is 1. The van der Waals surface area contributed by atoms with E-state index in [9.17, 15) is 9.18 Å². The maximum Gasteiger partial charge on any atom is 0.339 e. The molecule has 0 aliphatic carbocycles. The van der Waals surface area contributed by atoms with E-state index in [-0.39, 0.29) is 5.88 Å². The number of aromatic nitrogens is 1. The van der Waals surface area contributed by atoms with Crippen LogP contribution in [0.15, 0.2) is 34.8 Å². The topological polar surface area (TPSA) is 48.4 Å². The lowest BCUT2D eigenvalue weighted by Gasteiger charge is -2.08. The fourth-order valence-electron chi connectivity index (χ4n) is 1.63. The van der Waals surface area contributed by atoms with Crippen molar-refractivity contribution in [3.8, 4) is 11.6 Å². The molecule has 0 aliphatic rings. The third-order valence-corrected chi connectivity index (χ3v) is 2.98. The number of pyridine rings is 1. The number of hydrogen-bond acceptors (Lipinski definition) is 4. The van der Waals surface area contributed by atoms with Gasteiger partial charge in [-0.15, -0.1) is 0 Å². The first-order valence-electron chi connectivity index (χ1n) is 5.69. The highest BCUT2D eigenvalue weighted by Gasteiger charge is 2.11. The first kappa shape index (κ1) is 14.5. The first-order chi connectivity index (χ1) is 9.49. The number of ether oxygens (including phenoxy) is 2. The van der Waals surface area contributed by atoms with Crippen LogP contribution in [0.4, 0.5) is 4.39 Å². The number of carbonyl (C=O) groups excluding carboxylic acids is 1. The average molecular weight is 340 g/mol. The summed E-state index contributed by atoms with van der Waals surface area (Å²) in [5.41, 5.74) is 0.838. The summed E-state index contributed by atoms with van der Waals surface area (Å²) in [4.78, 5) is 15.6. The van der Waals surface area contributed by atoms with E-state index in [0.29, 0.717) is 21.5 Å². The molecule has 2 rings (SSSR count). The summed E-state index contributed by atoms with van der Waals surface area (Å²) in [6.45, 7) is 1.67. The molecule has 6 heteroatoms. The standard InChI is InChI=1S/C14H11BrFNO3/c1-8-12(14(18)19-2)3-4-13(17-8)20-11-6-9(15)5-10(16)7-11/h3-7H,1-2H3. The zero-order valence-electron chi connectivity index (χ0n) is 10.8. The number of rotatable bonds is 3. The number of carbonyl (C=O) groups is 1. The van der Waals surface area contributed by atoms with E-state index in [2.05, 4.69) is 25.7 Å². The number of benzene rings is 1. The third kappa shape index (κ3) is 3.33. The largest absolute Gasteiger partial charge is 0.465 e. The zero-order chi connectivity index (χ0) is 14.7. The van der Waals surface area contributed by atoms with Crippen LogP contribution in [0.2, 0.25) is 0 Å². The molecule has 0 saturated carbocycles. The van der Waals surface area contributed by atoms with Gasteiger partial charge in [-0.3, -0.25) is 0 Å². The van der Waals surface area contributed by atoms with Crippen molar-refractivity contribution in [2.24, 2.45) is 0 Å². The predicted molar refractivity (Wildman–Crippen MR) is 74.5 cm³/mol. The fourth-order valence-corrected chi connectivity index (χ4v) is 2.07. The van der Waals surface area contributed by atoms with E-state index in [1.54, 1.807) is 19.1 Å². The molecular formula is C14H11BrFNO3. The second kappa shape index (κ2) is 6.00. The van der Waals surface area contributed by atoms with Gasteiger partial charge >= 0.3 is 5.97 Å². The van der Waals surface area contributed by atoms with Crippen LogP contribution >= 0.6 is 15.9 Å². The second-order valence-electron chi connectivity index (χ2n) is 3.98. The monoisotopic (exact) mass is 339 g/mol. The molecule has 0 amide bonds. The Morgan fingerprint density at radius 2 is 2.05 bits per heavy atom. The van der Waals surface area contributed by atoms with E-state index in [0.717, 1.165) is 0 Å². The molecule has 0 saturated heterocycles. The molecule has 0 unspecified atom stereocenters. The summed E-state index contributed by atoms with van der Waals surface area (Å²) < 4.78 is 23.9. The summed E-state index contributed by atoms with van der Waals surface area (Å²) in [5, 5.41) is 0. The second-order valence-corrected chi connectivity index (χ2v) is 4.90. The van der Waals surface area contributed by atoms with Crippen LogP contribution in [0.3, 0.4) is 0 Å². The van der Waals surface area contributed by atoms with Crippen molar-refractivity contribution in [3.05, 3.63) is 51.9 Å². The van der Waals surface area contributed by atoms with Gasteiger partial charge in [0.05, 0.1) is 18.4 Å². The molecule has 20 heavy (non-hydrogen) atoms. The van der Waals surface area contributed by atoms with Crippen LogP contribution in [0.1, 0.15) is 16.1 Å². The third-order valence-electron chi connectivity index (χ3n) is 2.52. The molecule has 0 radical (unpaired) electrons. The van der Waals surface area contributed by atoms with Crippen LogP contribution < -0.4 is 4.74 Å². The molecule has 0 fully saturated rings. The number of halogens is 2. The lowest BCUT2D eigenvalue weighted by Crippen LogP contribution is -2.05. The summed E-state index contributed by atoms with van der Waals surface area (Å²) >= 11 is 3.18. The predicted octanol–water partition coefficient (Wildman–Crippen LogP) is 3.87. The van der Waals surface area contributed by atoms with E-state index < -0.39 is 11.8 Å². The van der Waals surface area contributed by atoms with E-state index in [4.69, 9.17) is 4.74 Å². The Balaban J connectivity index is 2.26. The highest BCUT2D eigenvalue weighted by atomic mass is 79.9. The van der Waals surface area contributed by atoms with Crippen molar-refractivity contribution < 1.29 is 18.7 Å². The maximum atomic E-state index is 13.2. The normalized spacial score (nSPS) is 10.2. The van der Waals surface area contributed by atoms with Crippen molar-refractivity contribution in [2.75, 3.05) is 7.11 Å². The van der Waals surface area contributed by atoms with Gasteiger partial charge in [0.25, 0.3) is 0 Å². The molecule has 1 aromatic heterocycles. The van der Waals surface area contributed by atoms with Gasteiger partial charge in [-0.05, 0) is 25.1 Å². The smallest absolute Gasteiger partial charge is 0.339 e. The molecule has 0 N–H and O–H groups in total. The Kier molecular flexibility index (Phi) is 4.34. The quantitative estimate of drug-likeness (QED) is 0.796. The Morgan fingerprint density at radius 3 is 2.65 bits per heavy atom. The average Bonchev–Trinajstić information content (AvgIpc) is 2.36. The lowest BCUT2D eigenvalue weighted by molar-refractivity contribution is 0.0599. The molecule has 0 spiro atoms. The van der Waals surface area contributed by atoms with Gasteiger partial charge in [0.15, 0.2) is 0 Å².